The van der Waals surface area contributed by atoms with E-state index in [9.17, 15) is 23.1 Å². The first kappa shape index (κ1) is 23.3. The topological polar surface area (TPSA) is 114 Å². The van der Waals surface area contributed by atoms with Gasteiger partial charge in [-0.15, -0.1) is 0 Å². The number of carbonyl (C=O) groups is 1. The van der Waals surface area contributed by atoms with Gasteiger partial charge in [0, 0.05) is 7.11 Å². The first-order valence-electron chi connectivity index (χ1n) is 9.31. The first-order valence-corrected chi connectivity index (χ1v) is 9.31. The molecule has 1 aromatic rings. The van der Waals surface area contributed by atoms with Crippen molar-refractivity contribution < 1.29 is 37.7 Å². The van der Waals surface area contributed by atoms with E-state index in [1.807, 2.05) is 0 Å². The predicted molar refractivity (Wildman–Crippen MR) is 96.3 cm³/mol. The Labute approximate surface area is 166 Å². The van der Waals surface area contributed by atoms with Crippen LogP contribution in [0.4, 0.5) is 19.0 Å². The Kier molecular flexibility index (Phi) is 8.17. The molecule has 1 unspecified atom stereocenters. The number of nitrogens with zero attached hydrogens (tertiary/aromatic N) is 2. The highest BCUT2D eigenvalue weighted by atomic mass is 19.4. The number of carboxylic acid groups (broad SMARTS) is 1. The van der Waals surface area contributed by atoms with Crippen molar-refractivity contribution in [1.29, 1.82) is 0 Å². The summed E-state index contributed by atoms with van der Waals surface area (Å²) < 4.78 is 49.5. The summed E-state index contributed by atoms with van der Waals surface area (Å²) in [7, 11) is 1.48. The van der Waals surface area contributed by atoms with Gasteiger partial charge in [0.2, 0.25) is 0 Å². The molecule has 0 saturated heterocycles. The molecule has 0 aromatic carbocycles. The van der Waals surface area contributed by atoms with Gasteiger partial charge in [0.15, 0.2) is 5.69 Å². The van der Waals surface area contributed by atoms with Gasteiger partial charge in [-0.05, 0) is 38.5 Å². The van der Waals surface area contributed by atoms with Gasteiger partial charge in [0.25, 0.3) is 0 Å². The lowest BCUT2D eigenvalue weighted by Crippen LogP contribution is -2.48. The quantitative estimate of drug-likeness (QED) is 0.557. The fourth-order valence-corrected chi connectivity index (χ4v) is 3.63. The standard InChI is InChI=1S/C18H26F3N3O5/c1-10(25)16(24-14-8-22-7-13(23-14)18(19,20)21)17(28-2)11-3-5-12(6-4-11)29-9-15(26)27/h7-8,10-12,16-17,25H,3-6,9H2,1-2H3,(H,23,24)(H,26,27)/t10-,11?,12?,16+,17?/m0/s1. The van der Waals surface area contributed by atoms with Crippen molar-refractivity contribution in [2.75, 3.05) is 19.0 Å². The number of hydrogen-bond acceptors (Lipinski definition) is 7. The second-order valence-corrected chi connectivity index (χ2v) is 7.14. The van der Waals surface area contributed by atoms with Crippen LogP contribution in [-0.2, 0) is 20.4 Å². The molecule has 1 heterocycles. The van der Waals surface area contributed by atoms with Crippen LogP contribution in [0.2, 0.25) is 0 Å². The molecule has 1 aliphatic rings. The number of nitrogens with one attached hydrogen (secondary N) is 1. The third-order valence-electron chi connectivity index (χ3n) is 5.01. The Morgan fingerprint density at radius 1 is 1.31 bits per heavy atom. The molecule has 1 fully saturated rings. The number of aliphatic carboxylic acids is 1. The molecule has 3 N–H and O–H groups in total. The molecule has 11 heteroatoms. The number of rotatable bonds is 9. The van der Waals surface area contributed by atoms with Gasteiger partial charge < -0.3 is 25.0 Å². The van der Waals surface area contributed by atoms with Gasteiger partial charge in [0.1, 0.15) is 12.4 Å². The Balaban J connectivity index is 2.06. The summed E-state index contributed by atoms with van der Waals surface area (Å²) in [6, 6.07) is -0.709. The van der Waals surface area contributed by atoms with Crippen molar-refractivity contribution in [2.24, 2.45) is 5.92 Å². The van der Waals surface area contributed by atoms with E-state index in [1.54, 1.807) is 0 Å². The van der Waals surface area contributed by atoms with Crippen LogP contribution in [0.5, 0.6) is 0 Å². The van der Waals surface area contributed by atoms with Gasteiger partial charge in [-0.2, -0.15) is 13.2 Å². The molecule has 1 aliphatic carbocycles. The monoisotopic (exact) mass is 421 g/mol. The highest BCUT2D eigenvalue weighted by molar-refractivity contribution is 5.68. The fourth-order valence-electron chi connectivity index (χ4n) is 3.63. The number of methoxy groups -OCH3 is 1. The molecule has 1 aromatic heterocycles. The second kappa shape index (κ2) is 10.2. The zero-order chi connectivity index (χ0) is 21.6. The molecular weight excluding hydrogens is 395 g/mol. The average molecular weight is 421 g/mol. The van der Waals surface area contributed by atoms with Gasteiger partial charge >= 0.3 is 12.1 Å². The second-order valence-electron chi connectivity index (χ2n) is 7.14. The van der Waals surface area contributed by atoms with E-state index in [4.69, 9.17) is 14.6 Å². The van der Waals surface area contributed by atoms with Gasteiger partial charge in [-0.3, -0.25) is 4.98 Å². The summed E-state index contributed by atoms with van der Waals surface area (Å²) in [6.07, 6.45) is -1.81. The minimum absolute atomic E-state index is 0.00976. The first-order chi connectivity index (χ1) is 13.6. The van der Waals surface area contributed by atoms with Crippen molar-refractivity contribution in [3.8, 4) is 0 Å². The molecule has 1 saturated carbocycles. The maximum atomic E-state index is 12.9. The molecule has 3 atom stereocenters. The molecule has 8 nitrogen and oxygen atoms in total. The van der Waals surface area contributed by atoms with E-state index < -0.39 is 36.1 Å². The maximum Gasteiger partial charge on any atom is 0.434 e. The Morgan fingerprint density at radius 2 is 1.97 bits per heavy atom. The van der Waals surface area contributed by atoms with E-state index >= 15 is 0 Å². The van der Waals surface area contributed by atoms with Crippen LogP contribution < -0.4 is 5.32 Å². The lowest BCUT2D eigenvalue weighted by molar-refractivity contribution is -0.145. The predicted octanol–water partition coefficient (Wildman–Crippen LogP) is 2.33. The number of aliphatic hydroxyl groups is 1. The molecule has 0 spiro atoms. The number of hydrogen-bond donors (Lipinski definition) is 3. The van der Waals surface area contributed by atoms with Crippen molar-refractivity contribution in [3.63, 3.8) is 0 Å². The molecule has 0 aliphatic heterocycles. The Hall–Kier alpha value is -1.98. The van der Waals surface area contributed by atoms with Gasteiger partial charge in [-0.25, -0.2) is 9.78 Å². The average Bonchev–Trinajstić information content (AvgIpc) is 2.66. The third kappa shape index (κ3) is 6.79. The number of ether oxygens (including phenoxy) is 2. The minimum Gasteiger partial charge on any atom is -0.480 e. The number of aromatic nitrogens is 2. The van der Waals surface area contributed by atoms with Crippen LogP contribution in [0.1, 0.15) is 38.3 Å². The zero-order valence-corrected chi connectivity index (χ0v) is 16.2. The van der Waals surface area contributed by atoms with E-state index in [-0.39, 0.29) is 24.4 Å². The molecule has 0 radical (unpaired) electrons. The van der Waals surface area contributed by atoms with E-state index in [2.05, 4.69) is 15.3 Å². The van der Waals surface area contributed by atoms with Crippen molar-refractivity contribution in [2.45, 2.75) is 63.1 Å². The van der Waals surface area contributed by atoms with Crippen molar-refractivity contribution >= 4 is 11.8 Å². The van der Waals surface area contributed by atoms with Crippen LogP contribution in [0.15, 0.2) is 12.4 Å². The van der Waals surface area contributed by atoms with Crippen LogP contribution >= 0.6 is 0 Å². The van der Waals surface area contributed by atoms with Crippen LogP contribution in [0.3, 0.4) is 0 Å². The van der Waals surface area contributed by atoms with Crippen LogP contribution in [-0.4, -0.2) is 64.2 Å². The highest BCUT2D eigenvalue weighted by Gasteiger charge is 2.37. The fraction of sp³-hybridized carbons (Fsp3) is 0.722. The molecule has 164 valence electrons. The SMILES string of the molecule is COC(C1CCC(OCC(=O)O)CC1)[C@H](Nc1cncc(C(F)(F)F)n1)[C@H](C)O. The summed E-state index contributed by atoms with van der Waals surface area (Å²) in [4.78, 5) is 17.7. The zero-order valence-electron chi connectivity index (χ0n) is 16.2. The van der Waals surface area contributed by atoms with Crippen molar-refractivity contribution in [1.82, 2.24) is 9.97 Å². The Bertz CT molecular complexity index is 666. The molecule has 0 amide bonds. The lowest BCUT2D eigenvalue weighted by Gasteiger charge is -2.38. The van der Waals surface area contributed by atoms with Crippen LogP contribution in [0.25, 0.3) is 0 Å². The minimum atomic E-state index is -4.62. The van der Waals surface area contributed by atoms with E-state index in [0.717, 1.165) is 6.20 Å². The molecule has 2 rings (SSSR count). The van der Waals surface area contributed by atoms with Gasteiger partial charge in [0.05, 0.1) is 36.7 Å². The number of anilines is 1. The van der Waals surface area contributed by atoms with E-state index in [0.29, 0.717) is 31.9 Å². The third-order valence-corrected chi connectivity index (χ3v) is 5.01. The summed E-state index contributed by atoms with van der Waals surface area (Å²) in [5.41, 5.74) is -1.13. The van der Waals surface area contributed by atoms with Crippen LogP contribution in [0, 0.1) is 5.92 Å². The summed E-state index contributed by atoms with van der Waals surface area (Å²) in [5.74, 6) is -1.12. The number of halogens is 3. The number of carboxylic acids is 1. The number of alkyl halides is 3. The van der Waals surface area contributed by atoms with Crippen molar-refractivity contribution in [3.05, 3.63) is 18.1 Å². The smallest absolute Gasteiger partial charge is 0.434 e. The summed E-state index contributed by atoms with van der Waals surface area (Å²) >= 11 is 0. The summed E-state index contributed by atoms with van der Waals surface area (Å²) in [5, 5.41) is 21.8. The lowest BCUT2D eigenvalue weighted by atomic mass is 9.80. The Morgan fingerprint density at radius 3 is 2.48 bits per heavy atom. The maximum absolute atomic E-state index is 12.9. The summed E-state index contributed by atoms with van der Waals surface area (Å²) in [6.45, 7) is 1.17. The highest BCUT2D eigenvalue weighted by Crippen LogP contribution is 2.33. The molecule has 29 heavy (non-hydrogen) atoms. The number of aliphatic hydroxyl groups excluding tert-OH is 1. The molecular formula is C18H26F3N3O5. The molecule has 0 bridgehead atoms. The van der Waals surface area contributed by atoms with E-state index in [1.165, 1.54) is 14.0 Å². The largest absolute Gasteiger partial charge is 0.480 e. The normalized spacial score (nSPS) is 23.2. The van der Waals surface area contributed by atoms with Gasteiger partial charge in [-0.1, -0.05) is 0 Å².